The predicted molar refractivity (Wildman–Crippen MR) is 117 cm³/mol. The second-order valence-corrected chi connectivity index (χ2v) is 10.3. The summed E-state index contributed by atoms with van der Waals surface area (Å²) in [5.74, 6) is 0.902. The molecule has 1 aromatic carbocycles. The minimum atomic E-state index is -3.58. The van der Waals surface area contributed by atoms with Gasteiger partial charge in [0.25, 0.3) is 0 Å². The number of benzene rings is 1. The number of amides is 1. The maximum atomic E-state index is 13.0. The summed E-state index contributed by atoms with van der Waals surface area (Å²) in [5.41, 5.74) is 2.53. The molecule has 10 heteroatoms. The van der Waals surface area contributed by atoms with Crippen molar-refractivity contribution in [3.63, 3.8) is 0 Å². The van der Waals surface area contributed by atoms with Crippen LogP contribution in [0.25, 0.3) is 11.4 Å². The molecule has 0 aliphatic carbocycles. The number of hydrogen-bond donors (Lipinski definition) is 0. The maximum absolute atomic E-state index is 13.0. The first kappa shape index (κ1) is 21.7. The molecule has 1 amide bonds. The summed E-state index contributed by atoms with van der Waals surface area (Å²) in [7, 11) is -3.58. The van der Waals surface area contributed by atoms with Crippen LogP contribution in [0.2, 0.25) is 0 Å². The van der Waals surface area contributed by atoms with Crippen molar-refractivity contribution in [3.8, 4) is 11.4 Å². The first-order valence-corrected chi connectivity index (χ1v) is 12.4. The summed E-state index contributed by atoms with van der Waals surface area (Å²) in [5, 5.41) is 7.83. The Bertz CT molecular complexity index is 1160. The van der Waals surface area contributed by atoms with Crippen molar-refractivity contribution in [3.05, 3.63) is 52.0 Å². The normalized spacial score (nSPS) is 15.4. The highest BCUT2D eigenvalue weighted by Gasteiger charge is 2.31. The Hall–Kier alpha value is -2.56. The van der Waals surface area contributed by atoms with Crippen LogP contribution in [0.4, 0.5) is 0 Å². The molecule has 0 atom stereocenters. The maximum Gasteiger partial charge on any atom is 0.243 e. The molecule has 3 aromatic rings. The van der Waals surface area contributed by atoms with E-state index in [0.29, 0.717) is 36.1 Å². The van der Waals surface area contributed by atoms with E-state index in [1.807, 2.05) is 35.9 Å². The van der Waals surface area contributed by atoms with E-state index in [0.717, 1.165) is 16.7 Å². The van der Waals surface area contributed by atoms with E-state index in [4.69, 9.17) is 4.52 Å². The molecule has 0 radical (unpaired) electrons. The standard InChI is InChI=1S/C21H24N4O4S2/c1-15-3-4-16(2)18(13-15)31(27,28)25-10-8-24(9-11-25)20(26)6-5-19-22-21(23-29-19)17-7-12-30-14-17/h3-4,7,12-14H,5-6,8-11H2,1-2H3. The molecule has 4 rings (SSSR count). The number of aromatic nitrogens is 2. The van der Waals surface area contributed by atoms with E-state index >= 15 is 0 Å². The first-order chi connectivity index (χ1) is 14.8. The molecule has 0 unspecified atom stereocenters. The molecule has 8 nitrogen and oxygen atoms in total. The molecule has 0 bridgehead atoms. The monoisotopic (exact) mass is 460 g/mol. The van der Waals surface area contributed by atoms with Crippen LogP contribution in [0.1, 0.15) is 23.4 Å². The lowest BCUT2D eigenvalue weighted by molar-refractivity contribution is -0.132. The van der Waals surface area contributed by atoms with Crippen molar-refractivity contribution in [2.75, 3.05) is 26.2 Å². The van der Waals surface area contributed by atoms with Gasteiger partial charge in [-0.25, -0.2) is 8.42 Å². The fourth-order valence-electron chi connectivity index (χ4n) is 3.54. The molecular weight excluding hydrogens is 436 g/mol. The van der Waals surface area contributed by atoms with Crippen LogP contribution < -0.4 is 0 Å². The number of carbonyl (C=O) groups excluding carboxylic acids is 1. The Morgan fingerprint density at radius 3 is 2.65 bits per heavy atom. The molecule has 164 valence electrons. The Morgan fingerprint density at radius 2 is 1.94 bits per heavy atom. The summed E-state index contributed by atoms with van der Waals surface area (Å²) in [6, 6.07) is 7.34. The minimum absolute atomic E-state index is 0.0425. The molecule has 0 N–H and O–H groups in total. The van der Waals surface area contributed by atoms with Crippen molar-refractivity contribution in [1.82, 2.24) is 19.3 Å². The number of hydrogen-bond acceptors (Lipinski definition) is 7. The topological polar surface area (TPSA) is 96.6 Å². The Labute approximate surface area is 185 Å². The molecule has 0 spiro atoms. The Morgan fingerprint density at radius 1 is 1.16 bits per heavy atom. The largest absolute Gasteiger partial charge is 0.340 e. The zero-order chi connectivity index (χ0) is 22.0. The zero-order valence-corrected chi connectivity index (χ0v) is 19.1. The second-order valence-electron chi connectivity index (χ2n) is 7.58. The van der Waals surface area contributed by atoms with Crippen molar-refractivity contribution >= 4 is 27.3 Å². The van der Waals surface area contributed by atoms with E-state index < -0.39 is 10.0 Å². The van der Waals surface area contributed by atoms with Crippen LogP contribution >= 0.6 is 11.3 Å². The van der Waals surface area contributed by atoms with Gasteiger partial charge in [0.2, 0.25) is 27.6 Å². The number of sulfonamides is 1. The predicted octanol–water partition coefficient (Wildman–Crippen LogP) is 2.88. The van der Waals surface area contributed by atoms with Gasteiger partial charge in [0.1, 0.15) is 0 Å². The third-order valence-corrected chi connectivity index (χ3v) is 8.08. The van der Waals surface area contributed by atoms with Gasteiger partial charge in [-0.1, -0.05) is 17.3 Å². The summed E-state index contributed by atoms with van der Waals surface area (Å²) in [4.78, 5) is 19.0. The SMILES string of the molecule is Cc1ccc(C)c(S(=O)(=O)N2CCN(C(=O)CCc3nc(-c4ccsc4)no3)CC2)c1. The Kier molecular flexibility index (Phi) is 6.22. The fraction of sp³-hybridized carbons (Fsp3) is 0.381. The van der Waals surface area contributed by atoms with Crippen LogP contribution in [0.5, 0.6) is 0 Å². The number of rotatable bonds is 6. The molecule has 2 aromatic heterocycles. The van der Waals surface area contributed by atoms with Gasteiger partial charge < -0.3 is 9.42 Å². The highest BCUT2D eigenvalue weighted by molar-refractivity contribution is 7.89. The van der Waals surface area contributed by atoms with Gasteiger partial charge in [-0.05, 0) is 42.5 Å². The molecule has 3 heterocycles. The lowest BCUT2D eigenvalue weighted by atomic mass is 10.2. The molecular formula is C21H24N4O4S2. The van der Waals surface area contributed by atoms with Gasteiger partial charge in [-0.3, -0.25) is 4.79 Å². The van der Waals surface area contributed by atoms with Crippen molar-refractivity contribution in [2.24, 2.45) is 0 Å². The van der Waals surface area contributed by atoms with Gasteiger partial charge in [0.05, 0.1) is 4.90 Å². The summed E-state index contributed by atoms with van der Waals surface area (Å²) in [6.07, 6.45) is 0.603. The van der Waals surface area contributed by atoms with Gasteiger partial charge >= 0.3 is 0 Å². The summed E-state index contributed by atoms with van der Waals surface area (Å²) >= 11 is 1.55. The van der Waals surface area contributed by atoms with Gasteiger partial charge in [0.15, 0.2) is 0 Å². The second kappa shape index (κ2) is 8.89. The lowest BCUT2D eigenvalue weighted by Gasteiger charge is -2.34. The highest BCUT2D eigenvalue weighted by atomic mass is 32.2. The minimum Gasteiger partial charge on any atom is -0.340 e. The highest BCUT2D eigenvalue weighted by Crippen LogP contribution is 2.23. The van der Waals surface area contributed by atoms with E-state index in [9.17, 15) is 13.2 Å². The number of thiophene rings is 1. The van der Waals surface area contributed by atoms with Crippen LogP contribution in [0.15, 0.2) is 44.4 Å². The van der Waals surface area contributed by atoms with Gasteiger partial charge in [-0.2, -0.15) is 20.6 Å². The molecule has 1 saturated heterocycles. The van der Waals surface area contributed by atoms with Crippen LogP contribution in [0, 0.1) is 13.8 Å². The third-order valence-electron chi connectivity index (χ3n) is 5.35. The molecule has 1 aliphatic heterocycles. The number of nitrogens with zero attached hydrogens (tertiary/aromatic N) is 4. The molecule has 1 aliphatic rings. The van der Waals surface area contributed by atoms with Gasteiger partial charge in [-0.15, -0.1) is 0 Å². The quantitative estimate of drug-likeness (QED) is 0.561. The summed E-state index contributed by atoms with van der Waals surface area (Å²) < 4.78 is 32.8. The lowest BCUT2D eigenvalue weighted by Crippen LogP contribution is -2.50. The fourth-order valence-corrected chi connectivity index (χ4v) is 5.91. The smallest absolute Gasteiger partial charge is 0.243 e. The van der Waals surface area contributed by atoms with Crippen LogP contribution in [0.3, 0.4) is 0 Å². The van der Waals surface area contributed by atoms with Crippen LogP contribution in [-0.4, -0.2) is 59.8 Å². The molecule has 1 fully saturated rings. The van der Waals surface area contributed by atoms with Gasteiger partial charge in [0, 0.05) is 50.0 Å². The molecule has 0 saturated carbocycles. The van der Waals surface area contributed by atoms with E-state index in [1.165, 1.54) is 4.31 Å². The van der Waals surface area contributed by atoms with Crippen molar-refractivity contribution in [1.29, 1.82) is 0 Å². The number of carbonyl (C=O) groups is 1. The number of piperazine rings is 1. The first-order valence-electron chi connectivity index (χ1n) is 10.0. The Balaban J connectivity index is 1.32. The van der Waals surface area contributed by atoms with E-state index in [2.05, 4.69) is 10.1 Å². The zero-order valence-electron chi connectivity index (χ0n) is 17.4. The summed E-state index contributed by atoms with van der Waals surface area (Å²) in [6.45, 7) is 4.98. The van der Waals surface area contributed by atoms with Crippen molar-refractivity contribution in [2.45, 2.75) is 31.6 Å². The van der Waals surface area contributed by atoms with E-state index in [1.54, 1.807) is 29.2 Å². The average Bonchev–Trinajstić information content (AvgIpc) is 3.45. The van der Waals surface area contributed by atoms with Crippen molar-refractivity contribution < 1.29 is 17.7 Å². The third kappa shape index (κ3) is 4.70. The van der Waals surface area contributed by atoms with E-state index in [-0.39, 0.29) is 25.4 Å². The number of aryl methyl sites for hydroxylation is 3. The molecule has 31 heavy (non-hydrogen) atoms. The van der Waals surface area contributed by atoms with Crippen LogP contribution in [-0.2, 0) is 21.2 Å². The average molecular weight is 461 g/mol.